The lowest BCUT2D eigenvalue weighted by Gasteiger charge is -2.20. The van der Waals surface area contributed by atoms with E-state index in [4.69, 9.17) is 4.42 Å². The van der Waals surface area contributed by atoms with E-state index in [0.717, 1.165) is 24.4 Å². The van der Waals surface area contributed by atoms with Gasteiger partial charge in [0.25, 0.3) is 0 Å². The van der Waals surface area contributed by atoms with Crippen LogP contribution in [0.3, 0.4) is 0 Å². The zero-order chi connectivity index (χ0) is 10.3. The maximum atomic E-state index is 5.49. The van der Waals surface area contributed by atoms with Crippen molar-refractivity contribution < 1.29 is 4.42 Å². The SMILES string of the molecule is Cn1ncc(C2NCCc3ccoc32)n1. The number of fused-ring (bicyclic) bond motifs is 1. The van der Waals surface area contributed by atoms with Gasteiger partial charge in [0.2, 0.25) is 0 Å². The molecule has 0 fully saturated rings. The van der Waals surface area contributed by atoms with Crippen LogP contribution in [0.4, 0.5) is 0 Å². The van der Waals surface area contributed by atoms with Crippen molar-refractivity contribution >= 4 is 0 Å². The highest BCUT2D eigenvalue weighted by Crippen LogP contribution is 2.27. The average Bonchev–Trinajstić information content (AvgIpc) is 2.84. The molecule has 5 nitrogen and oxygen atoms in total. The number of hydrogen-bond donors (Lipinski definition) is 1. The Balaban J connectivity index is 2.02. The molecule has 1 aliphatic heterocycles. The molecular weight excluding hydrogens is 192 g/mol. The molecule has 1 N–H and O–H groups in total. The second kappa shape index (κ2) is 3.20. The van der Waals surface area contributed by atoms with Crippen molar-refractivity contribution in [2.45, 2.75) is 12.5 Å². The molecule has 3 heterocycles. The first kappa shape index (κ1) is 8.67. The molecule has 1 aliphatic rings. The average molecular weight is 204 g/mol. The molecule has 0 aliphatic carbocycles. The molecular formula is C10H12N4O. The van der Waals surface area contributed by atoms with Crippen molar-refractivity contribution in [1.82, 2.24) is 20.3 Å². The largest absolute Gasteiger partial charge is 0.467 e. The predicted octanol–water partition coefficient (Wildman–Crippen LogP) is 0.643. The van der Waals surface area contributed by atoms with E-state index in [-0.39, 0.29) is 6.04 Å². The lowest BCUT2D eigenvalue weighted by atomic mass is 10.0. The molecule has 0 bridgehead atoms. The van der Waals surface area contributed by atoms with Gasteiger partial charge in [0.05, 0.1) is 12.5 Å². The molecule has 2 aromatic rings. The molecule has 2 aromatic heterocycles. The summed E-state index contributed by atoms with van der Waals surface area (Å²) in [6, 6.07) is 2.08. The van der Waals surface area contributed by atoms with Crippen LogP contribution in [0.5, 0.6) is 0 Å². The number of rotatable bonds is 1. The minimum Gasteiger partial charge on any atom is -0.467 e. The second-order valence-corrected chi connectivity index (χ2v) is 3.71. The Hall–Kier alpha value is -1.62. The number of aromatic nitrogens is 3. The number of nitrogens with one attached hydrogen (secondary N) is 1. The molecule has 0 aromatic carbocycles. The summed E-state index contributed by atoms with van der Waals surface area (Å²) >= 11 is 0. The third-order valence-corrected chi connectivity index (χ3v) is 2.70. The maximum Gasteiger partial charge on any atom is 0.130 e. The van der Waals surface area contributed by atoms with Crippen LogP contribution < -0.4 is 5.32 Å². The van der Waals surface area contributed by atoms with E-state index in [1.807, 2.05) is 13.1 Å². The summed E-state index contributed by atoms with van der Waals surface area (Å²) in [5, 5.41) is 11.8. The highest BCUT2D eigenvalue weighted by Gasteiger charge is 2.26. The fourth-order valence-corrected chi connectivity index (χ4v) is 1.98. The highest BCUT2D eigenvalue weighted by molar-refractivity contribution is 5.29. The van der Waals surface area contributed by atoms with Crippen molar-refractivity contribution in [3.63, 3.8) is 0 Å². The van der Waals surface area contributed by atoms with Crippen molar-refractivity contribution in [2.24, 2.45) is 7.05 Å². The maximum absolute atomic E-state index is 5.49. The molecule has 15 heavy (non-hydrogen) atoms. The summed E-state index contributed by atoms with van der Waals surface area (Å²) in [5.41, 5.74) is 2.18. The van der Waals surface area contributed by atoms with E-state index in [0.29, 0.717) is 0 Å². The van der Waals surface area contributed by atoms with E-state index in [1.54, 1.807) is 17.3 Å². The number of nitrogens with zero attached hydrogens (tertiary/aromatic N) is 3. The lowest BCUT2D eigenvalue weighted by molar-refractivity contribution is 0.418. The van der Waals surface area contributed by atoms with Gasteiger partial charge in [0.1, 0.15) is 17.5 Å². The Morgan fingerprint density at radius 1 is 1.60 bits per heavy atom. The summed E-state index contributed by atoms with van der Waals surface area (Å²) in [7, 11) is 1.81. The molecule has 0 radical (unpaired) electrons. The molecule has 0 saturated heterocycles. The smallest absolute Gasteiger partial charge is 0.130 e. The first-order valence-electron chi connectivity index (χ1n) is 5.00. The lowest BCUT2D eigenvalue weighted by Crippen LogP contribution is -2.30. The molecule has 78 valence electrons. The summed E-state index contributed by atoms with van der Waals surface area (Å²) in [6.45, 7) is 0.952. The van der Waals surface area contributed by atoms with Crippen LogP contribution in [0.2, 0.25) is 0 Å². The van der Waals surface area contributed by atoms with Crippen LogP contribution in [0, 0.1) is 0 Å². The Morgan fingerprint density at radius 2 is 2.53 bits per heavy atom. The monoisotopic (exact) mass is 204 g/mol. The van der Waals surface area contributed by atoms with Gasteiger partial charge in [0, 0.05) is 13.6 Å². The van der Waals surface area contributed by atoms with E-state index in [9.17, 15) is 0 Å². The van der Waals surface area contributed by atoms with E-state index < -0.39 is 0 Å². The molecule has 1 unspecified atom stereocenters. The summed E-state index contributed by atoms with van der Waals surface area (Å²) in [5.74, 6) is 0.974. The van der Waals surface area contributed by atoms with E-state index in [2.05, 4.69) is 15.5 Å². The van der Waals surface area contributed by atoms with Crippen molar-refractivity contribution in [3.8, 4) is 0 Å². The van der Waals surface area contributed by atoms with Gasteiger partial charge in [-0.25, -0.2) is 0 Å². The van der Waals surface area contributed by atoms with Crippen molar-refractivity contribution in [2.75, 3.05) is 6.54 Å². The zero-order valence-corrected chi connectivity index (χ0v) is 8.47. The first-order valence-corrected chi connectivity index (χ1v) is 5.00. The van der Waals surface area contributed by atoms with Crippen molar-refractivity contribution in [1.29, 1.82) is 0 Å². The third kappa shape index (κ3) is 1.35. The highest BCUT2D eigenvalue weighted by atomic mass is 16.3. The molecule has 0 spiro atoms. The van der Waals surface area contributed by atoms with Gasteiger partial charge in [-0.15, -0.1) is 0 Å². The third-order valence-electron chi connectivity index (χ3n) is 2.70. The Morgan fingerprint density at radius 3 is 3.33 bits per heavy atom. The van der Waals surface area contributed by atoms with Gasteiger partial charge in [-0.2, -0.15) is 15.0 Å². The van der Waals surface area contributed by atoms with Gasteiger partial charge in [-0.3, -0.25) is 0 Å². The van der Waals surface area contributed by atoms with E-state index in [1.165, 1.54) is 5.56 Å². The Kier molecular flexibility index (Phi) is 1.85. The van der Waals surface area contributed by atoms with Crippen LogP contribution in [-0.2, 0) is 13.5 Å². The normalized spacial score (nSPS) is 20.2. The first-order chi connectivity index (χ1) is 7.34. The fraction of sp³-hybridized carbons (Fsp3) is 0.400. The van der Waals surface area contributed by atoms with Gasteiger partial charge < -0.3 is 9.73 Å². The summed E-state index contributed by atoms with van der Waals surface area (Å²) in [6.07, 6.45) is 4.53. The summed E-state index contributed by atoms with van der Waals surface area (Å²) < 4.78 is 5.49. The minimum atomic E-state index is 0.0532. The number of hydrogen-bond acceptors (Lipinski definition) is 4. The van der Waals surface area contributed by atoms with Gasteiger partial charge in [0.15, 0.2) is 0 Å². The summed E-state index contributed by atoms with van der Waals surface area (Å²) in [4.78, 5) is 1.56. The Labute approximate surface area is 87.1 Å². The molecule has 5 heteroatoms. The standard InChI is InChI=1S/C10H12N4O/c1-14-12-6-8(13-14)9-10-7(2-4-11-9)3-5-15-10/h3,5-6,9,11H,2,4H2,1H3. The Bertz CT molecular complexity index is 473. The van der Waals surface area contributed by atoms with Crippen LogP contribution in [0.15, 0.2) is 22.9 Å². The quantitative estimate of drug-likeness (QED) is 0.740. The van der Waals surface area contributed by atoms with Gasteiger partial charge in [-0.1, -0.05) is 0 Å². The molecule has 1 atom stereocenters. The van der Waals surface area contributed by atoms with Gasteiger partial charge >= 0.3 is 0 Å². The second-order valence-electron chi connectivity index (χ2n) is 3.71. The minimum absolute atomic E-state index is 0.0532. The molecule has 3 rings (SSSR count). The van der Waals surface area contributed by atoms with Crippen LogP contribution >= 0.6 is 0 Å². The van der Waals surface area contributed by atoms with Crippen LogP contribution in [0.25, 0.3) is 0 Å². The van der Waals surface area contributed by atoms with E-state index >= 15 is 0 Å². The van der Waals surface area contributed by atoms with Crippen molar-refractivity contribution in [3.05, 3.63) is 35.5 Å². The number of aryl methyl sites for hydroxylation is 1. The fourth-order valence-electron chi connectivity index (χ4n) is 1.98. The zero-order valence-electron chi connectivity index (χ0n) is 8.47. The topological polar surface area (TPSA) is 55.9 Å². The van der Waals surface area contributed by atoms with Crippen LogP contribution in [0.1, 0.15) is 23.1 Å². The van der Waals surface area contributed by atoms with Crippen LogP contribution in [-0.4, -0.2) is 21.5 Å². The molecule has 0 amide bonds. The van der Waals surface area contributed by atoms with Gasteiger partial charge in [-0.05, 0) is 18.1 Å². The molecule has 0 saturated carbocycles. The predicted molar refractivity (Wildman–Crippen MR) is 53.3 cm³/mol. The number of furan rings is 1.